The molecule has 0 bridgehead atoms. The topological polar surface area (TPSA) is 58.7 Å². The molecule has 0 unspecified atom stereocenters. The maximum Gasteiger partial charge on any atom is 0.180 e. The molecule has 0 saturated carbocycles. The number of hydrogen-bond acceptors (Lipinski definition) is 3. The van der Waals surface area contributed by atoms with Crippen molar-refractivity contribution in [3.8, 4) is 6.07 Å². The van der Waals surface area contributed by atoms with Gasteiger partial charge in [-0.25, -0.2) is 4.98 Å². The molecule has 1 aromatic heterocycles. The highest BCUT2D eigenvalue weighted by Gasteiger charge is 2.10. The number of hydrogen-bond donors (Lipinski definition) is 0. The van der Waals surface area contributed by atoms with E-state index >= 15 is 0 Å². The summed E-state index contributed by atoms with van der Waals surface area (Å²) in [4.78, 5) is 15.6. The Labute approximate surface area is 83.2 Å². The highest BCUT2D eigenvalue weighted by Crippen LogP contribution is 2.07. The minimum Gasteiger partial charge on any atom is -0.329 e. The third-order valence-corrected chi connectivity index (χ3v) is 2.20. The van der Waals surface area contributed by atoms with Crippen LogP contribution in [-0.4, -0.2) is 15.3 Å². The fraction of sp³-hybridized carbons (Fsp3) is 0.500. The summed E-state index contributed by atoms with van der Waals surface area (Å²) in [5.41, 5.74) is 0.625. The second-order valence-electron chi connectivity index (χ2n) is 3.18. The zero-order valence-electron chi connectivity index (χ0n) is 8.45. The van der Waals surface area contributed by atoms with Crippen LogP contribution in [0.25, 0.3) is 0 Å². The van der Waals surface area contributed by atoms with Crippen molar-refractivity contribution in [1.82, 2.24) is 9.55 Å². The highest BCUT2D eigenvalue weighted by atomic mass is 16.1. The molecule has 4 nitrogen and oxygen atoms in total. The van der Waals surface area contributed by atoms with Crippen LogP contribution in [0.15, 0.2) is 6.20 Å². The van der Waals surface area contributed by atoms with Crippen LogP contribution in [-0.2, 0) is 7.05 Å². The molecule has 0 amide bonds. The molecule has 0 radical (unpaired) electrons. The van der Waals surface area contributed by atoms with Gasteiger partial charge in [0.25, 0.3) is 0 Å². The van der Waals surface area contributed by atoms with E-state index in [1.54, 1.807) is 10.8 Å². The van der Waals surface area contributed by atoms with Crippen LogP contribution in [0.5, 0.6) is 0 Å². The van der Waals surface area contributed by atoms with Crippen LogP contribution >= 0.6 is 0 Å². The minimum atomic E-state index is 0.0587. The van der Waals surface area contributed by atoms with Crippen molar-refractivity contribution >= 4 is 5.78 Å². The molecule has 0 aromatic carbocycles. The summed E-state index contributed by atoms with van der Waals surface area (Å²) in [7, 11) is 1.82. The third-order valence-electron chi connectivity index (χ3n) is 2.20. The normalized spacial score (nSPS) is 9.79. The van der Waals surface area contributed by atoms with Crippen molar-refractivity contribution in [2.24, 2.45) is 7.05 Å². The molecule has 0 aliphatic carbocycles. The Morgan fingerprint density at radius 2 is 2.43 bits per heavy atom. The Hall–Kier alpha value is -1.63. The van der Waals surface area contributed by atoms with Gasteiger partial charge in [0, 0.05) is 19.9 Å². The minimum absolute atomic E-state index is 0.0587. The summed E-state index contributed by atoms with van der Waals surface area (Å²) in [6.07, 6.45) is 3.07. The summed E-state index contributed by atoms with van der Waals surface area (Å²) < 4.78 is 1.77. The van der Waals surface area contributed by atoms with Crippen LogP contribution in [0.2, 0.25) is 0 Å². The largest absolute Gasteiger partial charge is 0.329 e. The monoisotopic (exact) mass is 191 g/mol. The zero-order chi connectivity index (χ0) is 10.6. The maximum atomic E-state index is 11.6. The number of rotatable bonds is 4. The molecular formula is C10H13N3O. The molecule has 4 heteroatoms. The number of nitrogens with zero attached hydrogens (tertiary/aromatic N) is 3. The van der Waals surface area contributed by atoms with Gasteiger partial charge in [-0.05, 0) is 13.3 Å². The first-order chi connectivity index (χ1) is 6.66. The van der Waals surface area contributed by atoms with Crippen LogP contribution in [0, 0.1) is 18.3 Å². The third kappa shape index (κ3) is 2.19. The number of carbonyl (C=O) groups is 1. The zero-order valence-corrected chi connectivity index (χ0v) is 8.45. The molecule has 14 heavy (non-hydrogen) atoms. The van der Waals surface area contributed by atoms with E-state index in [0.717, 1.165) is 5.82 Å². The molecule has 1 heterocycles. The summed E-state index contributed by atoms with van der Waals surface area (Å²) in [6, 6.07) is 2.02. The first kappa shape index (κ1) is 10.5. The molecule has 0 saturated heterocycles. The summed E-state index contributed by atoms with van der Waals surface area (Å²) in [5, 5.41) is 8.33. The van der Waals surface area contributed by atoms with Gasteiger partial charge in [-0.15, -0.1) is 0 Å². The Balaban J connectivity index is 2.62. The van der Waals surface area contributed by atoms with Gasteiger partial charge < -0.3 is 4.57 Å². The van der Waals surface area contributed by atoms with Gasteiger partial charge >= 0.3 is 0 Å². The van der Waals surface area contributed by atoms with E-state index in [-0.39, 0.29) is 5.78 Å². The molecule has 0 aliphatic rings. The number of Topliss-reactive ketones (excluding diaryl/α,β-unsaturated/α-hetero) is 1. The lowest BCUT2D eigenvalue weighted by atomic mass is 10.1. The van der Waals surface area contributed by atoms with Crippen LogP contribution in [0.1, 0.15) is 35.6 Å². The van der Waals surface area contributed by atoms with E-state index in [9.17, 15) is 4.79 Å². The van der Waals surface area contributed by atoms with Crippen molar-refractivity contribution in [3.05, 3.63) is 17.7 Å². The predicted molar refractivity (Wildman–Crippen MR) is 51.7 cm³/mol. The molecule has 0 spiro atoms. The lowest BCUT2D eigenvalue weighted by Crippen LogP contribution is -2.06. The van der Waals surface area contributed by atoms with Crippen LogP contribution in [0.3, 0.4) is 0 Å². The molecule has 0 aliphatic heterocycles. The van der Waals surface area contributed by atoms with Crippen molar-refractivity contribution in [2.45, 2.75) is 26.2 Å². The van der Waals surface area contributed by atoms with E-state index in [1.807, 2.05) is 20.0 Å². The maximum absolute atomic E-state index is 11.6. The second-order valence-corrected chi connectivity index (χ2v) is 3.18. The van der Waals surface area contributed by atoms with Crippen molar-refractivity contribution < 1.29 is 4.79 Å². The molecule has 1 rings (SSSR count). The van der Waals surface area contributed by atoms with Gasteiger partial charge in [0.2, 0.25) is 0 Å². The number of unbranched alkanes of at least 4 members (excludes halogenated alkanes) is 1. The van der Waals surface area contributed by atoms with E-state index in [2.05, 4.69) is 4.98 Å². The van der Waals surface area contributed by atoms with Gasteiger partial charge in [0.05, 0.1) is 12.3 Å². The lowest BCUT2D eigenvalue weighted by Gasteiger charge is -2.01. The van der Waals surface area contributed by atoms with Crippen LogP contribution in [0.4, 0.5) is 0 Å². The number of aryl methyl sites for hydroxylation is 1. The number of nitriles is 1. The first-order valence-electron chi connectivity index (χ1n) is 4.55. The molecule has 0 atom stereocenters. The molecule has 0 N–H and O–H groups in total. The van der Waals surface area contributed by atoms with Crippen molar-refractivity contribution in [3.63, 3.8) is 0 Å². The number of carbonyl (C=O) groups excluding carboxylic acids is 1. The average Bonchev–Trinajstić information content (AvgIpc) is 2.48. The standard InChI is InChI=1S/C10H13N3O/c1-8-12-7-9(13(8)2)10(14)5-3-4-6-11/h7H,3-5H2,1-2H3. The quantitative estimate of drug-likeness (QED) is 0.536. The summed E-state index contributed by atoms with van der Waals surface area (Å²) in [5.74, 6) is 0.886. The second kappa shape index (κ2) is 4.56. The molecule has 1 aromatic rings. The predicted octanol–water partition coefficient (Wildman–Crippen LogP) is 1.61. The van der Waals surface area contributed by atoms with Gasteiger partial charge in [0.1, 0.15) is 11.5 Å². The number of ketones is 1. The van der Waals surface area contributed by atoms with Crippen molar-refractivity contribution in [1.29, 1.82) is 5.26 Å². The molecule has 74 valence electrons. The Kier molecular flexibility index (Phi) is 3.41. The smallest absolute Gasteiger partial charge is 0.180 e. The Bertz CT molecular complexity index is 373. The van der Waals surface area contributed by atoms with Gasteiger partial charge in [0.15, 0.2) is 5.78 Å². The molecular weight excluding hydrogens is 178 g/mol. The van der Waals surface area contributed by atoms with Crippen LogP contribution < -0.4 is 0 Å². The Morgan fingerprint density at radius 3 is 2.93 bits per heavy atom. The van der Waals surface area contributed by atoms with Crippen molar-refractivity contribution in [2.75, 3.05) is 0 Å². The van der Waals surface area contributed by atoms with Gasteiger partial charge in [-0.2, -0.15) is 5.26 Å². The Morgan fingerprint density at radius 1 is 1.71 bits per heavy atom. The van der Waals surface area contributed by atoms with Gasteiger partial charge in [-0.3, -0.25) is 4.79 Å². The summed E-state index contributed by atoms with van der Waals surface area (Å²) >= 11 is 0. The fourth-order valence-corrected chi connectivity index (χ4v) is 1.22. The lowest BCUT2D eigenvalue weighted by molar-refractivity contribution is 0.0972. The first-order valence-corrected chi connectivity index (χ1v) is 4.55. The average molecular weight is 191 g/mol. The molecule has 0 fully saturated rings. The van der Waals surface area contributed by atoms with E-state index in [1.165, 1.54) is 0 Å². The van der Waals surface area contributed by atoms with E-state index in [0.29, 0.717) is 25.0 Å². The number of imidazole rings is 1. The van der Waals surface area contributed by atoms with E-state index in [4.69, 9.17) is 5.26 Å². The summed E-state index contributed by atoms with van der Waals surface area (Å²) in [6.45, 7) is 1.85. The fourth-order valence-electron chi connectivity index (χ4n) is 1.22. The SMILES string of the molecule is Cc1ncc(C(=O)CCCC#N)n1C. The van der Waals surface area contributed by atoms with E-state index < -0.39 is 0 Å². The highest BCUT2D eigenvalue weighted by molar-refractivity contribution is 5.94. The number of aromatic nitrogens is 2. The van der Waals surface area contributed by atoms with Gasteiger partial charge in [-0.1, -0.05) is 0 Å².